The van der Waals surface area contributed by atoms with E-state index in [1.807, 2.05) is 13.8 Å². The summed E-state index contributed by atoms with van der Waals surface area (Å²) in [5, 5.41) is 9.04. The van der Waals surface area contributed by atoms with Gasteiger partial charge in [0, 0.05) is 11.5 Å². The van der Waals surface area contributed by atoms with Gasteiger partial charge >= 0.3 is 11.9 Å². The van der Waals surface area contributed by atoms with E-state index in [2.05, 4.69) is 0 Å². The summed E-state index contributed by atoms with van der Waals surface area (Å²) in [6.07, 6.45) is 2.91. The maximum Gasteiger partial charge on any atom is 0.331 e. The van der Waals surface area contributed by atoms with Crippen molar-refractivity contribution in [3.05, 3.63) is 11.6 Å². The molecule has 0 amide bonds. The molecule has 4 nitrogen and oxygen atoms in total. The third-order valence-corrected chi connectivity index (χ3v) is 3.73. The van der Waals surface area contributed by atoms with Crippen molar-refractivity contribution in [2.45, 2.75) is 32.8 Å². The number of allylic oxidation sites excluding steroid dienone is 1. The zero-order chi connectivity index (χ0) is 11.9. The lowest BCUT2D eigenvalue weighted by molar-refractivity contribution is -0.144. The molecule has 1 aliphatic carbocycles. The van der Waals surface area contributed by atoms with E-state index < -0.39 is 5.97 Å². The average molecular weight is 224 g/mol. The molecule has 0 spiro atoms. The minimum absolute atomic E-state index is 0.0504. The fourth-order valence-corrected chi connectivity index (χ4v) is 2.66. The molecule has 0 aromatic carbocycles. The van der Waals surface area contributed by atoms with Gasteiger partial charge in [0.25, 0.3) is 0 Å². The molecule has 2 aliphatic rings. The van der Waals surface area contributed by atoms with Crippen LogP contribution in [0.1, 0.15) is 26.7 Å². The standard InChI is InChI=1S/C12H16O4/c1-6-5-10-9(7(2)12(15)16-10)4-3-8(6)11(13)14/h3,6-7,9-10H,4-5H2,1-2H3,(H,13,14)/t6-,7-,9+,10-/m0/s1. The van der Waals surface area contributed by atoms with Gasteiger partial charge in [0.2, 0.25) is 0 Å². The van der Waals surface area contributed by atoms with Crippen molar-refractivity contribution in [3.63, 3.8) is 0 Å². The second kappa shape index (κ2) is 3.92. The number of rotatable bonds is 1. The maximum absolute atomic E-state index is 11.4. The van der Waals surface area contributed by atoms with Crippen LogP contribution in [-0.2, 0) is 14.3 Å². The van der Waals surface area contributed by atoms with Gasteiger partial charge in [0.1, 0.15) is 6.10 Å². The summed E-state index contributed by atoms with van der Waals surface area (Å²) in [7, 11) is 0. The molecule has 4 atom stereocenters. The van der Waals surface area contributed by atoms with Crippen molar-refractivity contribution in [1.29, 1.82) is 0 Å². The molecule has 4 heteroatoms. The van der Waals surface area contributed by atoms with E-state index in [4.69, 9.17) is 9.84 Å². The molecular formula is C12H16O4. The zero-order valence-corrected chi connectivity index (χ0v) is 9.47. The normalized spacial score (nSPS) is 38.4. The van der Waals surface area contributed by atoms with Crippen molar-refractivity contribution in [2.75, 3.05) is 0 Å². The van der Waals surface area contributed by atoms with Gasteiger partial charge in [0.15, 0.2) is 0 Å². The third-order valence-electron chi connectivity index (χ3n) is 3.73. The highest BCUT2D eigenvalue weighted by atomic mass is 16.6. The molecule has 1 saturated heterocycles. The summed E-state index contributed by atoms with van der Waals surface area (Å²) in [6, 6.07) is 0. The highest BCUT2D eigenvalue weighted by Crippen LogP contribution is 2.38. The monoisotopic (exact) mass is 224 g/mol. The van der Waals surface area contributed by atoms with Gasteiger partial charge in [0.05, 0.1) is 5.92 Å². The van der Waals surface area contributed by atoms with Crippen LogP contribution in [0, 0.1) is 17.8 Å². The predicted molar refractivity (Wildman–Crippen MR) is 56.7 cm³/mol. The number of hydrogen-bond donors (Lipinski definition) is 1. The first kappa shape index (κ1) is 11.2. The van der Waals surface area contributed by atoms with Gasteiger partial charge in [-0.15, -0.1) is 0 Å². The summed E-state index contributed by atoms with van der Waals surface area (Å²) in [4.78, 5) is 22.4. The van der Waals surface area contributed by atoms with Crippen LogP contribution in [0.5, 0.6) is 0 Å². The smallest absolute Gasteiger partial charge is 0.331 e. The highest BCUT2D eigenvalue weighted by Gasteiger charge is 2.43. The number of esters is 1. The van der Waals surface area contributed by atoms with Crippen LogP contribution in [0.3, 0.4) is 0 Å². The van der Waals surface area contributed by atoms with E-state index in [9.17, 15) is 9.59 Å². The van der Waals surface area contributed by atoms with Gasteiger partial charge in [-0.2, -0.15) is 0 Å². The Labute approximate surface area is 94.3 Å². The van der Waals surface area contributed by atoms with Crippen molar-refractivity contribution < 1.29 is 19.4 Å². The number of fused-ring (bicyclic) bond motifs is 1. The van der Waals surface area contributed by atoms with Crippen molar-refractivity contribution >= 4 is 11.9 Å². The molecule has 1 aliphatic heterocycles. The van der Waals surface area contributed by atoms with Crippen molar-refractivity contribution in [1.82, 2.24) is 0 Å². The van der Waals surface area contributed by atoms with Crippen LogP contribution in [0.15, 0.2) is 11.6 Å². The minimum Gasteiger partial charge on any atom is -0.478 e. The van der Waals surface area contributed by atoms with Gasteiger partial charge in [-0.1, -0.05) is 19.9 Å². The van der Waals surface area contributed by atoms with E-state index in [0.717, 1.165) is 0 Å². The number of hydrogen-bond acceptors (Lipinski definition) is 3. The quantitative estimate of drug-likeness (QED) is 0.687. The van der Waals surface area contributed by atoms with E-state index >= 15 is 0 Å². The average Bonchev–Trinajstić information content (AvgIpc) is 2.38. The van der Waals surface area contributed by atoms with Crippen LogP contribution < -0.4 is 0 Å². The van der Waals surface area contributed by atoms with Crippen LogP contribution in [0.25, 0.3) is 0 Å². The number of carboxylic acids is 1. The Bertz CT molecular complexity index is 358. The third kappa shape index (κ3) is 1.72. The molecule has 0 aromatic heterocycles. The summed E-state index contributed by atoms with van der Waals surface area (Å²) >= 11 is 0. The molecule has 2 rings (SSSR count). The molecule has 0 saturated carbocycles. The lowest BCUT2D eigenvalue weighted by Crippen LogP contribution is -2.20. The molecular weight excluding hydrogens is 208 g/mol. The first-order chi connectivity index (χ1) is 7.50. The molecule has 16 heavy (non-hydrogen) atoms. The Morgan fingerprint density at radius 2 is 2.19 bits per heavy atom. The fourth-order valence-electron chi connectivity index (χ4n) is 2.66. The van der Waals surface area contributed by atoms with Gasteiger partial charge in [-0.05, 0) is 18.8 Å². The molecule has 1 heterocycles. The van der Waals surface area contributed by atoms with Gasteiger partial charge in [-0.3, -0.25) is 4.79 Å². The minimum atomic E-state index is -0.855. The van der Waals surface area contributed by atoms with Gasteiger partial charge < -0.3 is 9.84 Å². The summed E-state index contributed by atoms with van der Waals surface area (Å²) in [6.45, 7) is 3.73. The van der Waals surface area contributed by atoms with E-state index in [1.165, 1.54) is 0 Å². The Morgan fingerprint density at radius 1 is 1.50 bits per heavy atom. The summed E-state index contributed by atoms with van der Waals surface area (Å²) in [5.74, 6) is -1.01. The van der Waals surface area contributed by atoms with Crippen LogP contribution in [-0.4, -0.2) is 23.1 Å². The first-order valence-electron chi connectivity index (χ1n) is 5.64. The number of aliphatic carboxylic acids is 1. The van der Waals surface area contributed by atoms with Gasteiger partial charge in [-0.25, -0.2) is 4.79 Å². The van der Waals surface area contributed by atoms with E-state index in [-0.39, 0.29) is 29.8 Å². The molecule has 1 fully saturated rings. The topological polar surface area (TPSA) is 63.6 Å². The molecule has 0 aromatic rings. The Kier molecular flexibility index (Phi) is 2.74. The Hall–Kier alpha value is -1.32. The molecule has 88 valence electrons. The fraction of sp³-hybridized carbons (Fsp3) is 0.667. The zero-order valence-electron chi connectivity index (χ0n) is 9.47. The lowest BCUT2D eigenvalue weighted by atomic mass is 9.87. The highest BCUT2D eigenvalue weighted by molar-refractivity contribution is 5.87. The maximum atomic E-state index is 11.4. The molecule has 0 unspecified atom stereocenters. The van der Waals surface area contributed by atoms with Crippen molar-refractivity contribution in [2.24, 2.45) is 17.8 Å². The van der Waals surface area contributed by atoms with E-state index in [1.54, 1.807) is 6.08 Å². The van der Waals surface area contributed by atoms with Crippen molar-refractivity contribution in [3.8, 4) is 0 Å². The second-order valence-corrected chi connectivity index (χ2v) is 4.76. The molecule has 0 bridgehead atoms. The van der Waals surface area contributed by atoms with E-state index in [0.29, 0.717) is 18.4 Å². The number of carboxylic acid groups (broad SMARTS) is 1. The largest absolute Gasteiger partial charge is 0.478 e. The van der Waals surface area contributed by atoms with Crippen LogP contribution in [0.2, 0.25) is 0 Å². The SMILES string of the molecule is C[C@@H]1C(=O)O[C@H]2C[C@H](C)C(C(=O)O)=CC[C@@H]21. The lowest BCUT2D eigenvalue weighted by Gasteiger charge is -2.17. The molecule has 1 N–H and O–H groups in total. The summed E-state index contributed by atoms with van der Waals surface area (Å²) in [5.41, 5.74) is 0.456. The predicted octanol–water partition coefficient (Wildman–Crippen LogP) is 1.60. The Morgan fingerprint density at radius 3 is 2.81 bits per heavy atom. The number of ether oxygens (including phenoxy) is 1. The van der Waals surface area contributed by atoms with Crippen LogP contribution >= 0.6 is 0 Å². The summed E-state index contributed by atoms with van der Waals surface area (Å²) < 4.78 is 5.29. The molecule has 0 radical (unpaired) electrons. The second-order valence-electron chi connectivity index (χ2n) is 4.76. The first-order valence-corrected chi connectivity index (χ1v) is 5.64. The number of carbonyl (C=O) groups excluding carboxylic acids is 1. The van der Waals surface area contributed by atoms with Crippen LogP contribution in [0.4, 0.5) is 0 Å². The Balaban J connectivity index is 2.22. The number of carbonyl (C=O) groups is 2.